The number of hydrogen-bond acceptors (Lipinski definition) is 3. The Morgan fingerprint density at radius 3 is 2.20 bits per heavy atom. The normalized spacial score (nSPS) is 13.8. The van der Waals surface area contributed by atoms with E-state index in [-0.39, 0.29) is 0 Å². The van der Waals surface area contributed by atoms with E-state index in [1.54, 1.807) is 0 Å². The highest BCUT2D eigenvalue weighted by Crippen LogP contribution is 2.08. The van der Waals surface area contributed by atoms with Crippen LogP contribution < -0.4 is 5.73 Å². The molecule has 0 fully saturated rings. The van der Waals surface area contributed by atoms with Crippen LogP contribution in [0.5, 0.6) is 0 Å². The van der Waals surface area contributed by atoms with Crippen LogP contribution in [0.3, 0.4) is 0 Å². The molecule has 2 N–H and O–H groups in total. The van der Waals surface area contributed by atoms with Gasteiger partial charge in [-0.3, -0.25) is 0 Å². The van der Waals surface area contributed by atoms with E-state index in [4.69, 9.17) is 5.73 Å². The lowest BCUT2D eigenvalue weighted by molar-refractivity contribution is 0.184. The van der Waals surface area contributed by atoms with E-state index >= 15 is 0 Å². The highest BCUT2D eigenvalue weighted by atomic mass is 15.2. The fourth-order valence-electron chi connectivity index (χ4n) is 2.03. The van der Waals surface area contributed by atoms with Crippen LogP contribution in [0.15, 0.2) is 0 Å². The third-order valence-corrected chi connectivity index (χ3v) is 2.94. The highest BCUT2D eigenvalue weighted by molar-refractivity contribution is 4.70. The third-order valence-electron chi connectivity index (χ3n) is 2.94. The van der Waals surface area contributed by atoms with Crippen LogP contribution in [0.2, 0.25) is 0 Å². The maximum atomic E-state index is 5.64. The van der Waals surface area contributed by atoms with Gasteiger partial charge in [-0.2, -0.15) is 0 Å². The average Bonchev–Trinajstić information content (AvgIpc) is 2.21. The summed E-state index contributed by atoms with van der Waals surface area (Å²) in [7, 11) is 4.26. The summed E-state index contributed by atoms with van der Waals surface area (Å²) in [5, 5.41) is 0. The Balaban J connectivity index is 3.86. The number of hydrogen-bond donors (Lipinski definition) is 1. The van der Waals surface area contributed by atoms with Crippen LogP contribution in [0.4, 0.5) is 0 Å². The topological polar surface area (TPSA) is 32.5 Å². The second-order valence-corrected chi connectivity index (χ2v) is 4.42. The standard InChI is InChI=1S/C12H29N3/c1-5-12(8-9-13)15(6-2)11-7-10-14(3)4/h12H,5-11,13H2,1-4H3. The lowest BCUT2D eigenvalue weighted by Crippen LogP contribution is -2.37. The van der Waals surface area contributed by atoms with Gasteiger partial charge in [0.1, 0.15) is 0 Å². The molecule has 0 saturated heterocycles. The second-order valence-electron chi connectivity index (χ2n) is 4.42. The molecule has 0 aliphatic carbocycles. The van der Waals surface area contributed by atoms with Crippen molar-refractivity contribution in [1.29, 1.82) is 0 Å². The van der Waals surface area contributed by atoms with Crippen molar-refractivity contribution >= 4 is 0 Å². The summed E-state index contributed by atoms with van der Waals surface area (Å²) in [6, 6.07) is 0.683. The second kappa shape index (κ2) is 9.13. The van der Waals surface area contributed by atoms with Crippen molar-refractivity contribution < 1.29 is 0 Å². The minimum absolute atomic E-state index is 0.683. The van der Waals surface area contributed by atoms with Gasteiger partial charge < -0.3 is 15.5 Å². The molecule has 0 aromatic carbocycles. The van der Waals surface area contributed by atoms with Crippen LogP contribution in [0, 0.1) is 0 Å². The van der Waals surface area contributed by atoms with E-state index < -0.39 is 0 Å². The summed E-state index contributed by atoms with van der Waals surface area (Å²) in [5.74, 6) is 0. The molecule has 0 bridgehead atoms. The van der Waals surface area contributed by atoms with Gasteiger partial charge in [0.25, 0.3) is 0 Å². The minimum atomic E-state index is 0.683. The monoisotopic (exact) mass is 215 g/mol. The zero-order valence-electron chi connectivity index (χ0n) is 11.0. The quantitative estimate of drug-likeness (QED) is 0.631. The van der Waals surface area contributed by atoms with E-state index in [0.717, 1.165) is 19.5 Å². The zero-order valence-corrected chi connectivity index (χ0v) is 11.0. The highest BCUT2D eigenvalue weighted by Gasteiger charge is 2.13. The summed E-state index contributed by atoms with van der Waals surface area (Å²) in [4.78, 5) is 4.81. The van der Waals surface area contributed by atoms with Crippen molar-refractivity contribution in [2.75, 3.05) is 40.3 Å². The van der Waals surface area contributed by atoms with Crippen LogP contribution in [0.25, 0.3) is 0 Å². The van der Waals surface area contributed by atoms with E-state index in [0.29, 0.717) is 6.04 Å². The molecule has 0 amide bonds. The molecule has 0 radical (unpaired) electrons. The zero-order chi connectivity index (χ0) is 11.7. The molecule has 1 atom stereocenters. The first-order valence-electron chi connectivity index (χ1n) is 6.24. The van der Waals surface area contributed by atoms with Crippen molar-refractivity contribution in [3.63, 3.8) is 0 Å². The molecule has 92 valence electrons. The Morgan fingerprint density at radius 2 is 1.80 bits per heavy atom. The summed E-state index contributed by atoms with van der Waals surface area (Å²) in [5.41, 5.74) is 5.64. The summed E-state index contributed by atoms with van der Waals surface area (Å²) >= 11 is 0. The van der Waals surface area contributed by atoms with Crippen molar-refractivity contribution in [3.8, 4) is 0 Å². The first-order valence-corrected chi connectivity index (χ1v) is 6.24. The first-order chi connectivity index (χ1) is 7.15. The predicted octanol–water partition coefficient (Wildman–Crippen LogP) is 1.39. The van der Waals surface area contributed by atoms with Gasteiger partial charge >= 0.3 is 0 Å². The van der Waals surface area contributed by atoms with E-state index in [9.17, 15) is 0 Å². The van der Waals surface area contributed by atoms with Crippen molar-refractivity contribution in [2.24, 2.45) is 5.73 Å². The van der Waals surface area contributed by atoms with Crippen LogP contribution in [-0.2, 0) is 0 Å². The van der Waals surface area contributed by atoms with Gasteiger partial charge in [0.15, 0.2) is 0 Å². The Hall–Kier alpha value is -0.120. The molecular formula is C12H29N3. The Morgan fingerprint density at radius 1 is 1.13 bits per heavy atom. The lowest BCUT2D eigenvalue weighted by atomic mass is 10.1. The molecule has 0 rings (SSSR count). The molecule has 0 aliphatic rings. The van der Waals surface area contributed by atoms with Gasteiger partial charge in [-0.25, -0.2) is 0 Å². The predicted molar refractivity (Wildman–Crippen MR) is 68.2 cm³/mol. The smallest absolute Gasteiger partial charge is 0.0104 e. The molecule has 3 heteroatoms. The summed E-state index contributed by atoms with van der Waals surface area (Å²) in [6.45, 7) is 8.83. The molecule has 0 heterocycles. The van der Waals surface area contributed by atoms with Crippen LogP contribution >= 0.6 is 0 Å². The molecule has 0 aromatic rings. The van der Waals surface area contributed by atoms with Crippen molar-refractivity contribution in [3.05, 3.63) is 0 Å². The Labute approximate surface area is 95.6 Å². The third kappa shape index (κ3) is 6.88. The van der Waals surface area contributed by atoms with Gasteiger partial charge in [-0.1, -0.05) is 13.8 Å². The Bertz CT molecular complexity index is 137. The van der Waals surface area contributed by atoms with Gasteiger partial charge in [-0.05, 0) is 59.5 Å². The summed E-state index contributed by atoms with van der Waals surface area (Å²) < 4.78 is 0. The number of rotatable bonds is 9. The first kappa shape index (κ1) is 14.9. The van der Waals surface area contributed by atoms with Gasteiger partial charge in [-0.15, -0.1) is 0 Å². The molecule has 0 saturated carbocycles. The summed E-state index contributed by atoms with van der Waals surface area (Å²) in [6.07, 6.45) is 3.60. The molecule has 0 aromatic heterocycles. The van der Waals surface area contributed by atoms with Gasteiger partial charge in [0.2, 0.25) is 0 Å². The maximum absolute atomic E-state index is 5.64. The number of nitrogens with zero attached hydrogens (tertiary/aromatic N) is 2. The lowest BCUT2D eigenvalue weighted by Gasteiger charge is -2.30. The van der Waals surface area contributed by atoms with Gasteiger partial charge in [0, 0.05) is 6.04 Å². The molecule has 0 aliphatic heterocycles. The fraction of sp³-hybridized carbons (Fsp3) is 1.00. The SMILES string of the molecule is CCC(CCN)N(CC)CCCN(C)C. The van der Waals surface area contributed by atoms with E-state index in [1.807, 2.05) is 0 Å². The van der Waals surface area contributed by atoms with Crippen LogP contribution in [0.1, 0.15) is 33.1 Å². The molecule has 3 nitrogen and oxygen atoms in total. The molecule has 15 heavy (non-hydrogen) atoms. The van der Waals surface area contributed by atoms with Crippen molar-refractivity contribution in [1.82, 2.24) is 9.80 Å². The average molecular weight is 215 g/mol. The van der Waals surface area contributed by atoms with Crippen molar-refractivity contribution in [2.45, 2.75) is 39.2 Å². The fourth-order valence-corrected chi connectivity index (χ4v) is 2.03. The number of nitrogens with two attached hydrogens (primary N) is 1. The molecular weight excluding hydrogens is 186 g/mol. The molecule has 0 spiro atoms. The maximum Gasteiger partial charge on any atom is 0.0104 e. The van der Waals surface area contributed by atoms with Crippen LogP contribution in [-0.4, -0.2) is 56.1 Å². The Kier molecular flexibility index (Phi) is 9.06. The molecule has 1 unspecified atom stereocenters. The van der Waals surface area contributed by atoms with E-state index in [2.05, 4.69) is 37.7 Å². The van der Waals surface area contributed by atoms with Gasteiger partial charge in [0.05, 0.1) is 0 Å². The minimum Gasteiger partial charge on any atom is -0.330 e. The van der Waals surface area contributed by atoms with E-state index in [1.165, 1.54) is 25.9 Å². The largest absolute Gasteiger partial charge is 0.330 e.